The first-order chi connectivity index (χ1) is 17.8. The highest BCUT2D eigenvalue weighted by Gasteiger charge is 2.33. The third kappa shape index (κ3) is 5.60. The van der Waals surface area contributed by atoms with Crippen molar-refractivity contribution in [3.05, 3.63) is 38.6 Å². The predicted molar refractivity (Wildman–Crippen MR) is 149 cm³/mol. The molecule has 1 fully saturated rings. The Labute approximate surface area is 228 Å². The first-order valence-electron chi connectivity index (χ1n) is 11.6. The van der Waals surface area contributed by atoms with Crippen molar-refractivity contribution in [2.75, 3.05) is 33.2 Å². The maximum atomic E-state index is 13.1. The zero-order chi connectivity index (χ0) is 26.7. The Hall–Kier alpha value is -3.09. The highest BCUT2D eigenvalue weighted by atomic mass is 32.2. The fraction of sp³-hybridized carbons (Fsp3) is 0.360. The van der Waals surface area contributed by atoms with Gasteiger partial charge in [0.1, 0.15) is 9.32 Å². The van der Waals surface area contributed by atoms with Gasteiger partial charge in [0.2, 0.25) is 11.7 Å². The van der Waals surface area contributed by atoms with E-state index < -0.39 is 5.91 Å². The normalized spacial score (nSPS) is 16.1. The highest BCUT2D eigenvalue weighted by Crippen LogP contribution is 2.41. The number of fused-ring (bicyclic) bond motifs is 1. The molecule has 0 saturated carbocycles. The molecule has 0 radical (unpaired) electrons. The smallest absolute Gasteiger partial charge is 0.266 e. The van der Waals surface area contributed by atoms with Crippen LogP contribution in [0.3, 0.4) is 0 Å². The molecule has 0 atom stereocenters. The van der Waals surface area contributed by atoms with Gasteiger partial charge in [-0.25, -0.2) is 0 Å². The van der Waals surface area contributed by atoms with Gasteiger partial charge in [0.15, 0.2) is 11.5 Å². The number of carbonyl (C=O) groups excluding carboxylic acids is 3. The number of benzene rings is 1. The zero-order valence-corrected chi connectivity index (χ0v) is 23.1. The van der Waals surface area contributed by atoms with Gasteiger partial charge < -0.3 is 25.3 Å². The van der Waals surface area contributed by atoms with E-state index in [-0.39, 0.29) is 24.8 Å². The number of carbonyl (C=O) groups is 3. The van der Waals surface area contributed by atoms with E-state index in [1.165, 1.54) is 37.6 Å². The second-order valence-corrected chi connectivity index (χ2v) is 11.2. The molecule has 0 bridgehead atoms. The summed E-state index contributed by atoms with van der Waals surface area (Å²) in [6.45, 7) is 0.111. The summed E-state index contributed by atoms with van der Waals surface area (Å²) in [7, 11) is 4.55. The van der Waals surface area contributed by atoms with Crippen LogP contribution in [-0.4, -0.2) is 54.8 Å². The molecule has 3 amide bonds. The van der Waals surface area contributed by atoms with Gasteiger partial charge >= 0.3 is 0 Å². The van der Waals surface area contributed by atoms with Gasteiger partial charge in [0.05, 0.1) is 31.8 Å². The molecule has 0 spiro atoms. The topological polar surface area (TPSA) is 120 Å². The first kappa shape index (κ1) is 27.0. The Morgan fingerprint density at radius 2 is 1.81 bits per heavy atom. The molecule has 2 aromatic rings. The summed E-state index contributed by atoms with van der Waals surface area (Å²) in [4.78, 5) is 40.8. The van der Waals surface area contributed by atoms with Gasteiger partial charge in [0, 0.05) is 17.8 Å². The molecule has 1 aliphatic heterocycles. The summed E-state index contributed by atoms with van der Waals surface area (Å²) >= 11 is 7.98. The lowest BCUT2D eigenvalue weighted by Crippen LogP contribution is -2.31. The Bertz CT molecular complexity index is 1280. The maximum Gasteiger partial charge on any atom is 0.266 e. The summed E-state index contributed by atoms with van der Waals surface area (Å²) in [6.07, 6.45) is 5.43. The molecule has 2 heterocycles. The van der Waals surface area contributed by atoms with Crippen molar-refractivity contribution in [3.8, 4) is 17.2 Å². The lowest BCUT2D eigenvalue weighted by molar-refractivity contribution is -0.122. The van der Waals surface area contributed by atoms with E-state index in [1.807, 2.05) is 0 Å². The molecule has 1 aromatic heterocycles. The lowest BCUT2D eigenvalue weighted by atomic mass is 9.95. The molecule has 196 valence electrons. The molecule has 12 heteroatoms. The third-order valence-electron chi connectivity index (χ3n) is 6.09. The van der Waals surface area contributed by atoms with E-state index in [0.29, 0.717) is 42.6 Å². The van der Waals surface area contributed by atoms with Crippen LogP contribution < -0.4 is 25.3 Å². The number of hydrogen-bond acceptors (Lipinski definition) is 9. The molecule has 37 heavy (non-hydrogen) atoms. The van der Waals surface area contributed by atoms with Crippen LogP contribution in [0.2, 0.25) is 0 Å². The van der Waals surface area contributed by atoms with Crippen molar-refractivity contribution in [1.82, 2.24) is 4.90 Å². The van der Waals surface area contributed by atoms with Crippen LogP contribution in [0.1, 0.15) is 45.6 Å². The lowest BCUT2D eigenvalue weighted by Gasteiger charge is -2.14. The number of hydrogen-bond donors (Lipinski definition) is 2. The van der Waals surface area contributed by atoms with E-state index in [2.05, 4.69) is 5.32 Å². The second-order valence-electron chi connectivity index (χ2n) is 8.37. The summed E-state index contributed by atoms with van der Waals surface area (Å²) in [5.41, 5.74) is 7.65. The Morgan fingerprint density at radius 1 is 1.14 bits per heavy atom. The van der Waals surface area contributed by atoms with Crippen molar-refractivity contribution in [2.24, 2.45) is 5.73 Å². The Kier molecular flexibility index (Phi) is 8.40. The number of methoxy groups -OCH3 is 3. The molecule has 2 aliphatic rings. The quantitative estimate of drug-likeness (QED) is 0.349. The summed E-state index contributed by atoms with van der Waals surface area (Å²) in [6, 6.07) is 3.47. The molecule has 1 saturated heterocycles. The number of anilines is 1. The monoisotopic (exact) mass is 561 g/mol. The molecule has 3 N–H and O–H groups in total. The fourth-order valence-electron chi connectivity index (χ4n) is 4.35. The van der Waals surface area contributed by atoms with E-state index >= 15 is 0 Å². The minimum Gasteiger partial charge on any atom is -0.493 e. The van der Waals surface area contributed by atoms with Crippen LogP contribution in [0, 0.1) is 0 Å². The van der Waals surface area contributed by atoms with Crippen LogP contribution in [0.4, 0.5) is 5.00 Å². The third-order valence-corrected chi connectivity index (χ3v) is 8.68. The van der Waals surface area contributed by atoms with Gasteiger partial charge in [-0.15, -0.1) is 11.3 Å². The van der Waals surface area contributed by atoms with Crippen molar-refractivity contribution in [1.29, 1.82) is 0 Å². The summed E-state index contributed by atoms with van der Waals surface area (Å²) in [5, 5.41) is 3.31. The van der Waals surface area contributed by atoms with Crippen LogP contribution >= 0.6 is 35.3 Å². The number of ether oxygens (including phenoxy) is 3. The van der Waals surface area contributed by atoms with Gasteiger partial charge in [0.25, 0.3) is 11.8 Å². The molecule has 1 aromatic carbocycles. The van der Waals surface area contributed by atoms with Crippen LogP contribution in [0.15, 0.2) is 17.0 Å². The largest absolute Gasteiger partial charge is 0.493 e. The fourth-order valence-corrected chi connectivity index (χ4v) is 6.97. The van der Waals surface area contributed by atoms with Gasteiger partial charge in [-0.1, -0.05) is 24.0 Å². The van der Waals surface area contributed by atoms with Crippen molar-refractivity contribution in [3.63, 3.8) is 0 Å². The van der Waals surface area contributed by atoms with Crippen LogP contribution in [0.5, 0.6) is 17.2 Å². The van der Waals surface area contributed by atoms with E-state index in [0.717, 1.165) is 47.9 Å². The molecule has 9 nitrogen and oxygen atoms in total. The molecular weight excluding hydrogens is 534 g/mol. The number of nitrogens with zero attached hydrogens (tertiary/aromatic N) is 1. The number of thioether (sulfide) groups is 1. The summed E-state index contributed by atoms with van der Waals surface area (Å²) in [5.74, 6) is 0.233. The van der Waals surface area contributed by atoms with E-state index in [9.17, 15) is 14.4 Å². The number of rotatable bonds is 9. The number of amides is 3. The minimum atomic E-state index is -0.538. The number of nitrogens with one attached hydrogen (secondary N) is 1. The number of primary amides is 1. The number of thiocarbonyl (C=S) groups is 1. The average molecular weight is 562 g/mol. The zero-order valence-electron chi connectivity index (χ0n) is 20.7. The van der Waals surface area contributed by atoms with E-state index in [1.54, 1.807) is 18.2 Å². The van der Waals surface area contributed by atoms with Crippen LogP contribution in [0.25, 0.3) is 6.08 Å². The molecule has 4 rings (SSSR count). The Balaban J connectivity index is 1.45. The number of thiophene rings is 1. The minimum absolute atomic E-state index is 0.0185. The molecule has 0 unspecified atom stereocenters. The van der Waals surface area contributed by atoms with Crippen LogP contribution in [-0.2, 0) is 22.4 Å². The highest BCUT2D eigenvalue weighted by molar-refractivity contribution is 8.26. The van der Waals surface area contributed by atoms with Gasteiger partial charge in [-0.3, -0.25) is 19.3 Å². The first-order valence-corrected chi connectivity index (χ1v) is 13.6. The number of nitrogens with two attached hydrogens (primary N) is 1. The van der Waals surface area contributed by atoms with Gasteiger partial charge in [-0.05, 0) is 55.0 Å². The Morgan fingerprint density at radius 3 is 2.43 bits per heavy atom. The molecule has 1 aliphatic carbocycles. The van der Waals surface area contributed by atoms with E-state index in [4.69, 9.17) is 32.2 Å². The maximum absolute atomic E-state index is 13.1. The SMILES string of the molecule is COc1cc(/C=C2\SC(=S)N(CCC(=O)Nc3sc4c(c3C(N)=O)CCCC4)C2=O)cc(OC)c1OC. The second kappa shape index (κ2) is 11.5. The van der Waals surface area contributed by atoms with Gasteiger partial charge in [-0.2, -0.15) is 0 Å². The number of aryl methyl sites for hydroxylation is 1. The summed E-state index contributed by atoms with van der Waals surface area (Å²) < 4.78 is 16.5. The molecular formula is C25H27N3O6S3. The van der Waals surface area contributed by atoms with Crippen molar-refractivity contribution >= 4 is 68.4 Å². The predicted octanol–water partition coefficient (Wildman–Crippen LogP) is 3.98. The average Bonchev–Trinajstić information content (AvgIpc) is 3.37. The standard InChI is InChI=1S/C25H27N3O6S3/c1-32-15-10-13(11-16(33-2)21(15)34-3)12-18-24(31)28(25(35)37-18)9-8-19(29)27-23-20(22(26)30)14-6-4-5-7-17(14)36-23/h10-12H,4-9H2,1-3H3,(H2,26,30)(H,27,29)/b18-12-. The van der Waals surface area contributed by atoms with Crippen molar-refractivity contribution in [2.45, 2.75) is 32.1 Å². The van der Waals surface area contributed by atoms with Crippen molar-refractivity contribution < 1.29 is 28.6 Å².